The van der Waals surface area contributed by atoms with Crippen LogP contribution in [0.4, 0.5) is 5.69 Å². The number of carbonyl (C=O) groups is 3. The molecule has 2 aliphatic rings. The van der Waals surface area contributed by atoms with Gasteiger partial charge in [-0.15, -0.1) is 0 Å². The number of Topliss-reactive ketones (excluding diaryl/α,β-unsaturated/α-hetero) is 1. The average Bonchev–Trinajstić information content (AvgIpc) is 2.64. The average molecular weight is 373 g/mol. The molecule has 3 rings (SSSR count). The van der Waals surface area contributed by atoms with Gasteiger partial charge in [0, 0.05) is 5.56 Å². The van der Waals surface area contributed by atoms with Crippen LogP contribution in [0.5, 0.6) is 5.75 Å². The molecule has 6 heteroatoms. The summed E-state index contributed by atoms with van der Waals surface area (Å²) in [5, 5.41) is 2.66. The van der Waals surface area contributed by atoms with E-state index in [2.05, 4.69) is 26.1 Å². The lowest BCUT2D eigenvalue weighted by Crippen LogP contribution is -2.30. The first-order chi connectivity index (χ1) is 12.7. The van der Waals surface area contributed by atoms with Crippen molar-refractivity contribution < 1.29 is 23.9 Å². The smallest absolute Gasteiger partial charge is 0.309 e. The lowest BCUT2D eigenvalue weighted by atomic mass is 9.70. The molecule has 1 aromatic carbocycles. The number of amides is 1. The number of hydrogen-bond donors (Lipinski definition) is 1. The summed E-state index contributed by atoms with van der Waals surface area (Å²) in [6, 6.07) is 4.80. The lowest BCUT2D eigenvalue weighted by Gasteiger charge is -2.36. The summed E-state index contributed by atoms with van der Waals surface area (Å²) >= 11 is 0. The maximum atomic E-state index is 12.4. The molecule has 0 unspecified atom stereocenters. The standard InChI is InChI=1S/C21H27NO5/c1-21(2,3)15-7-4-13(5-8-15)20(25)27-11-17(23)14-6-9-18-16(10-14)22-19(24)12-26-18/h6,9-10,13,15H,4-5,7-8,11-12H2,1-3H3,(H,22,24). The molecular weight excluding hydrogens is 346 g/mol. The Kier molecular flexibility index (Phi) is 5.53. The van der Waals surface area contributed by atoms with E-state index in [0.29, 0.717) is 22.9 Å². The molecule has 0 atom stereocenters. The summed E-state index contributed by atoms with van der Waals surface area (Å²) in [6.45, 7) is 6.39. The SMILES string of the molecule is CC(C)(C)C1CCC(C(=O)OCC(=O)c2ccc3c(c2)NC(=O)CO3)CC1. The van der Waals surface area contributed by atoms with Gasteiger partial charge in [-0.05, 0) is 55.2 Å². The minimum absolute atomic E-state index is 0.0324. The van der Waals surface area contributed by atoms with Gasteiger partial charge in [-0.2, -0.15) is 0 Å². The molecule has 1 aliphatic heterocycles. The van der Waals surface area contributed by atoms with Crippen molar-refractivity contribution in [1.29, 1.82) is 0 Å². The molecule has 146 valence electrons. The van der Waals surface area contributed by atoms with Gasteiger partial charge in [0.1, 0.15) is 5.75 Å². The summed E-state index contributed by atoms with van der Waals surface area (Å²) in [7, 11) is 0. The third-order valence-electron chi connectivity index (χ3n) is 5.57. The Morgan fingerprint density at radius 1 is 1.19 bits per heavy atom. The highest BCUT2D eigenvalue weighted by molar-refractivity contribution is 6.01. The van der Waals surface area contributed by atoms with Gasteiger partial charge in [0.25, 0.3) is 5.91 Å². The van der Waals surface area contributed by atoms with E-state index in [1.807, 2.05) is 0 Å². The van der Waals surface area contributed by atoms with Gasteiger partial charge in [0.15, 0.2) is 19.0 Å². The fourth-order valence-electron chi connectivity index (χ4n) is 3.79. The second kappa shape index (κ2) is 7.71. The molecule has 1 saturated carbocycles. The minimum Gasteiger partial charge on any atom is -0.482 e. The normalized spacial score (nSPS) is 22.3. The molecule has 1 fully saturated rings. The van der Waals surface area contributed by atoms with Crippen molar-refractivity contribution in [2.75, 3.05) is 18.5 Å². The van der Waals surface area contributed by atoms with Crippen LogP contribution in [0.2, 0.25) is 0 Å². The van der Waals surface area contributed by atoms with Gasteiger partial charge in [-0.3, -0.25) is 14.4 Å². The van der Waals surface area contributed by atoms with E-state index in [-0.39, 0.29) is 42.2 Å². The van der Waals surface area contributed by atoms with Crippen molar-refractivity contribution in [3.05, 3.63) is 23.8 Å². The van der Waals surface area contributed by atoms with Gasteiger partial charge in [0.05, 0.1) is 11.6 Å². The first-order valence-corrected chi connectivity index (χ1v) is 9.50. The largest absolute Gasteiger partial charge is 0.482 e. The van der Waals surface area contributed by atoms with Gasteiger partial charge in [-0.25, -0.2) is 0 Å². The highest BCUT2D eigenvalue weighted by Gasteiger charge is 2.33. The predicted octanol–water partition coefficient (Wildman–Crippen LogP) is 3.60. The zero-order valence-electron chi connectivity index (χ0n) is 16.2. The van der Waals surface area contributed by atoms with Crippen LogP contribution in [-0.2, 0) is 14.3 Å². The zero-order valence-corrected chi connectivity index (χ0v) is 16.2. The van der Waals surface area contributed by atoms with Crippen LogP contribution >= 0.6 is 0 Å². The van der Waals surface area contributed by atoms with E-state index >= 15 is 0 Å². The number of esters is 1. The Labute approximate surface area is 159 Å². The number of benzene rings is 1. The number of carbonyl (C=O) groups excluding carboxylic acids is 3. The summed E-state index contributed by atoms with van der Waals surface area (Å²) < 4.78 is 10.5. The molecule has 27 heavy (non-hydrogen) atoms. The van der Waals surface area contributed by atoms with Crippen LogP contribution in [0.3, 0.4) is 0 Å². The number of hydrogen-bond acceptors (Lipinski definition) is 5. The Balaban J connectivity index is 1.51. The highest BCUT2D eigenvalue weighted by atomic mass is 16.5. The van der Waals surface area contributed by atoms with Crippen molar-refractivity contribution in [2.45, 2.75) is 46.5 Å². The van der Waals surface area contributed by atoms with Crippen molar-refractivity contribution >= 4 is 23.3 Å². The maximum absolute atomic E-state index is 12.4. The molecule has 1 heterocycles. The number of fused-ring (bicyclic) bond motifs is 1. The fourth-order valence-corrected chi connectivity index (χ4v) is 3.79. The van der Waals surface area contributed by atoms with E-state index in [1.165, 1.54) is 0 Å². The molecule has 1 N–H and O–H groups in total. The third kappa shape index (κ3) is 4.67. The molecule has 0 bridgehead atoms. The fraction of sp³-hybridized carbons (Fsp3) is 0.571. The Morgan fingerprint density at radius 3 is 2.56 bits per heavy atom. The monoisotopic (exact) mass is 373 g/mol. The Hall–Kier alpha value is -2.37. The molecule has 1 aromatic rings. The van der Waals surface area contributed by atoms with E-state index in [4.69, 9.17) is 9.47 Å². The van der Waals surface area contributed by atoms with Gasteiger partial charge < -0.3 is 14.8 Å². The number of rotatable bonds is 4. The summed E-state index contributed by atoms with van der Waals surface area (Å²) in [5.74, 6) is 0.187. The molecule has 6 nitrogen and oxygen atoms in total. The van der Waals surface area contributed by atoms with Crippen LogP contribution < -0.4 is 10.1 Å². The van der Waals surface area contributed by atoms with Crippen LogP contribution in [-0.4, -0.2) is 30.9 Å². The predicted molar refractivity (Wildman–Crippen MR) is 101 cm³/mol. The molecule has 0 spiro atoms. The molecule has 0 radical (unpaired) electrons. The number of anilines is 1. The van der Waals surface area contributed by atoms with Crippen LogP contribution in [0.1, 0.15) is 56.8 Å². The van der Waals surface area contributed by atoms with E-state index in [9.17, 15) is 14.4 Å². The summed E-state index contributed by atoms with van der Waals surface area (Å²) in [4.78, 5) is 36.1. The van der Waals surface area contributed by atoms with Crippen molar-refractivity contribution in [1.82, 2.24) is 0 Å². The molecule has 0 aromatic heterocycles. The highest BCUT2D eigenvalue weighted by Crippen LogP contribution is 2.40. The molecular formula is C21H27NO5. The molecule has 1 amide bonds. The first-order valence-electron chi connectivity index (χ1n) is 9.50. The van der Waals surface area contributed by atoms with E-state index < -0.39 is 0 Å². The number of ether oxygens (including phenoxy) is 2. The second-order valence-corrected chi connectivity index (χ2v) is 8.49. The summed E-state index contributed by atoms with van der Waals surface area (Å²) in [5.41, 5.74) is 1.10. The maximum Gasteiger partial charge on any atom is 0.309 e. The van der Waals surface area contributed by atoms with E-state index in [1.54, 1.807) is 18.2 Å². The Morgan fingerprint density at radius 2 is 1.89 bits per heavy atom. The topological polar surface area (TPSA) is 81.7 Å². The number of ketones is 1. The van der Waals surface area contributed by atoms with Gasteiger partial charge in [-0.1, -0.05) is 20.8 Å². The van der Waals surface area contributed by atoms with Crippen LogP contribution in [0.25, 0.3) is 0 Å². The second-order valence-electron chi connectivity index (χ2n) is 8.49. The summed E-state index contributed by atoms with van der Waals surface area (Å²) in [6.07, 6.45) is 3.66. The van der Waals surface area contributed by atoms with Crippen molar-refractivity contribution in [3.63, 3.8) is 0 Å². The van der Waals surface area contributed by atoms with Gasteiger partial charge in [0.2, 0.25) is 0 Å². The quantitative estimate of drug-likeness (QED) is 0.644. The third-order valence-corrected chi connectivity index (χ3v) is 5.57. The van der Waals surface area contributed by atoms with Crippen molar-refractivity contribution in [2.24, 2.45) is 17.3 Å². The van der Waals surface area contributed by atoms with Crippen molar-refractivity contribution in [3.8, 4) is 5.75 Å². The minimum atomic E-state index is -0.297. The first kappa shape index (κ1) is 19.4. The van der Waals surface area contributed by atoms with Gasteiger partial charge >= 0.3 is 5.97 Å². The van der Waals surface area contributed by atoms with E-state index in [0.717, 1.165) is 25.7 Å². The number of nitrogens with one attached hydrogen (secondary N) is 1. The zero-order chi connectivity index (χ0) is 19.6. The molecule has 1 aliphatic carbocycles. The lowest BCUT2D eigenvalue weighted by molar-refractivity contribution is -0.149. The van der Waals surface area contributed by atoms with Crippen LogP contribution in [0.15, 0.2) is 18.2 Å². The Bertz CT molecular complexity index is 741. The van der Waals surface area contributed by atoms with Crippen LogP contribution in [0, 0.1) is 17.3 Å². The molecule has 0 saturated heterocycles.